The topological polar surface area (TPSA) is 97.5 Å². The van der Waals surface area contributed by atoms with E-state index < -0.39 is 19.9 Å². The number of rotatable bonds is 4. The minimum atomic E-state index is -3.86. The summed E-state index contributed by atoms with van der Waals surface area (Å²) >= 11 is 0. The average molecular weight is 332 g/mol. The normalized spacial score (nSPS) is 21.3. The standard InChI is InChI=1S/C13H20N2O4S2/c1-20(16,17)12-7-2-3-8-13(12)21(18,19)15-9-5-4-6-11(15)10-14/h2-3,7-8,11H,4-6,9-10,14H2,1H3/t11-/m0/s1. The Bertz CT molecular complexity index is 713. The van der Waals surface area contributed by atoms with Gasteiger partial charge in [-0.15, -0.1) is 0 Å². The second-order valence-electron chi connectivity index (χ2n) is 5.22. The van der Waals surface area contributed by atoms with E-state index in [4.69, 9.17) is 5.73 Å². The highest BCUT2D eigenvalue weighted by Gasteiger charge is 2.35. The summed E-state index contributed by atoms with van der Waals surface area (Å²) in [5.74, 6) is 0. The number of nitrogens with two attached hydrogens (primary N) is 1. The molecule has 0 unspecified atom stereocenters. The van der Waals surface area contributed by atoms with Gasteiger partial charge in [-0.2, -0.15) is 4.31 Å². The number of sulfone groups is 1. The molecule has 2 N–H and O–H groups in total. The quantitative estimate of drug-likeness (QED) is 0.870. The summed E-state index contributed by atoms with van der Waals surface area (Å²) in [5.41, 5.74) is 5.67. The second-order valence-corrected chi connectivity index (χ2v) is 9.06. The highest BCUT2D eigenvalue weighted by atomic mass is 32.2. The van der Waals surface area contributed by atoms with Gasteiger partial charge < -0.3 is 5.73 Å². The van der Waals surface area contributed by atoms with Gasteiger partial charge in [0.1, 0.15) is 4.90 Å². The molecule has 1 aromatic carbocycles. The fourth-order valence-corrected chi connectivity index (χ4v) is 5.93. The lowest BCUT2D eigenvalue weighted by molar-refractivity contribution is 0.257. The van der Waals surface area contributed by atoms with Crippen LogP contribution < -0.4 is 5.73 Å². The van der Waals surface area contributed by atoms with Gasteiger partial charge in [0.05, 0.1) is 4.90 Å². The van der Waals surface area contributed by atoms with E-state index in [-0.39, 0.29) is 22.4 Å². The molecule has 0 saturated carbocycles. The van der Waals surface area contributed by atoms with Crippen molar-refractivity contribution in [3.63, 3.8) is 0 Å². The Hall–Kier alpha value is -0.960. The van der Waals surface area contributed by atoms with Crippen LogP contribution in [0.4, 0.5) is 0 Å². The predicted octanol–water partition coefficient (Wildman–Crippen LogP) is 0.592. The fourth-order valence-electron chi connectivity index (χ4n) is 2.62. The van der Waals surface area contributed by atoms with Crippen LogP contribution in [-0.4, -0.2) is 46.5 Å². The number of sulfonamides is 1. The summed E-state index contributed by atoms with van der Waals surface area (Å²) in [4.78, 5) is -0.320. The second kappa shape index (κ2) is 6.04. The highest BCUT2D eigenvalue weighted by Crippen LogP contribution is 2.28. The van der Waals surface area contributed by atoms with Crippen molar-refractivity contribution in [1.82, 2.24) is 4.31 Å². The lowest BCUT2D eigenvalue weighted by atomic mass is 10.1. The third-order valence-electron chi connectivity index (χ3n) is 3.68. The van der Waals surface area contributed by atoms with Crippen LogP contribution >= 0.6 is 0 Å². The molecule has 1 heterocycles. The van der Waals surface area contributed by atoms with E-state index in [1.54, 1.807) is 0 Å². The van der Waals surface area contributed by atoms with Crippen LogP contribution in [0.2, 0.25) is 0 Å². The molecule has 0 amide bonds. The van der Waals surface area contributed by atoms with Gasteiger partial charge in [-0.25, -0.2) is 16.8 Å². The molecule has 1 aromatic rings. The van der Waals surface area contributed by atoms with E-state index >= 15 is 0 Å². The molecule has 21 heavy (non-hydrogen) atoms. The first-order chi connectivity index (χ1) is 9.78. The summed E-state index contributed by atoms with van der Waals surface area (Å²) in [7, 11) is -7.48. The average Bonchev–Trinajstić information content (AvgIpc) is 2.46. The molecule has 1 atom stereocenters. The molecular formula is C13H20N2O4S2. The molecule has 1 saturated heterocycles. The third kappa shape index (κ3) is 3.28. The number of hydrogen-bond acceptors (Lipinski definition) is 5. The number of nitrogens with zero attached hydrogens (tertiary/aromatic N) is 1. The van der Waals surface area contributed by atoms with Gasteiger partial charge in [0.15, 0.2) is 9.84 Å². The van der Waals surface area contributed by atoms with E-state index in [0.717, 1.165) is 19.1 Å². The predicted molar refractivity (Wildman–Crippen MR) is 80.1 cm³/mol. The lowest BCUT2D eigenvalue weighted by Crippen LogP contribution is -2.47. The van der Waals surface area contributed by atoms with Gasteiger partial charge in [-0.3, -0.25) is 0 Å². The Morgan fingerprint density at radius 3 is 2.33 bits per heavy atom. The van der Waals surface area contributed by atoms with Crippen molar-refractivity contribution in [2.24, 2.45) is 5.73 Å². The first kappa shape index (κ1) is 16.4. The molecule has 6 nitrogen and oxygen atoms in total. The Morgan fingerprint density at radius 2 is 1.76 bits per heavy atom. The molecule has 1 aliphatic heterocycles. The first-order valence-electron chi connectivity index (χ1n) is 6.79. The maximum Gasteiger partial charge on any atom is 0.244 e. The zero-order valence-corrected chi connectivity index (χ0v) is 13.5. The Kier molecular flexibility index (Phi) is 4.72. The number of benzene rings is 1. The summed E-state index contributed by atoms with van der Waals surface area (Å²) < 4.78 is 50.7. The lowest BCUT2D eigenvalue weighted by Gasteiger charge is -2.34. The van der Waals surface area contributed by atoms with Crippen molar-refractivity contribution >= 4 is 19.9 Å². The monoisotopic (exact) mass is 332 g/mol. The molecule has 8 heteroatoms. The molecule has 118 valence electrons. The molecule has 0 spiro atoms. The molecule has 1 aliphatic rings. The summed E-state index contributed by atoms with van der Waals surface area (Å²) in [6.07, 6.45) is 3.41. The largest absolute Gasteiger partial charge is 0.329 e. The minimum absolute atomic E-state index is 0.159. The zero-order chi connectivity index (χ0) is 15.7. The van der Waals surface area contributed by atoms with Crippen LogP contribution in [-0.2, 0) is 19.9 Å². The number of hydrogen-bond donors (Lipinski definition) is 1. The Labute approximate surface area is 125 Å². The molecular weight excluding hydrogens is 312 g/mol. The van der Waals surface area contributed by atoms with Crippen molar-refractivity contribution in [2.75, 3.05) is 19.3 Å². The maximum atomic E-state index is 12.8. The number of piperidine rings is 1. The van der Waals surface area contributed by atoms with Gasteiger partial charge in [0.25, 0.3) is 0 Å². The van der Waals surface area contributed by atoms with Crippen molar-refractivity contribution in [1.29, 1.82) is 0 Å². The summed E-state index contributed by atoms with van der Waals surface area (Å²) in [6, 6.07) is 5.45. The van der Waals surface area contributed by atoms with E-state index in [9.17, 15) is 16.8 Å². The van der Waals surface area contributed by atoms with Crippen molar-refractivity contribution < 1.29 is 16.8 Å². The van der Waals surface area contributed by atoms with Crippen molar-refractivity contribution in [3.05, 3.63) is 24.3 Å². The minimum Gasteiger partial charge on any atom is -0.329 e. The molecule has 0 aromatic heterocycles. The Balaban J connectivity index is 2.55. The molecule has 1 fully saturated rings. The molecule has 0 aliphatic carbocycles. The van der Waals surface area contributed by atoms with Crippen LogP contribution in [0.5, 0.6) is 0 Å². The maximum absolute atomic E-state index is 12.8. The smallest absolute Gasteiger partial charge is 0.244 e. The summed E-state index contributed by atoms with van der Waals surface area (Å²) in [6.45, 7) is 0.614. The van der Waals surface area contributed by atoms with Gasteiger partial charge in [0.2, 0.25) is 10.0 Å². The van der Waals surface area contributed by atoms with E-state index in [2.05, 4.69) is 0 Å². The van der Waals surface area contributed by atoms with Crippen LogP contribution in [0.3, 0.4) is 0 Å². The molecule has 2 rings (SSSR count). The van der Waals surface area contributed by atoms with Crippen LogP contribution in [0, 0.1) is 0 Å². The third-order valence-corrected chi connectivity index (χ3v) is 6.97. The van der Waals surface area contributed by atoms with Crippen molar-refractivity contribution in [2.45, 2.75) is 35.1 Å². The van der Waals surface area contributed by atoms with Gasteiger partial charge in [-0.05, 0) is 25.0 Å². The Morgan fingerprint density at radius 1 is 1.14 bits per heavy atom. The summed E-state index contributed by atoms with van der Waals surface area (Å²) in [5, 5.41) is 0. The molecule has 0 bridgehead atoms. The van der Waals surface area contributed by atoms with Crippen molar-refractivity contribution in [3.8, 4) is 0 Å². The fraction of sp³-hybridized carbons (Fsp3) is 0.538. The highest BCUT2D eigenvalue weighted by molar-refractivity contribution is 7.93. The van der Waals surface area contributed by atoms with Crippen LogP contribution in [0.25, 0.3) is 0 Å². The van der Waals surface area contributed by atoms with Gasteiger partial charge >= 0.3 is 0 Å². The van der Waals surface area contributed by atoms with E-state index in [0.29, 0.717) is 13.0 Å². The van der Waals surface area contributed by atoms with Crippen LogP contribution in [0.15, 0.2) is 34.1 Å². The van der Waals surface area contributed by atoms with Gasteiger partial charge in [0, 0.05) is 25.4 Å². The van der Waals surface area contributed by atoms with Crippen LogP contribution in [0.1, 0.15) is 19.3 Å². The van der Waals surface area contributed by atoms with E-state index in [1.807, 2.05) is 0 Å². The zero-order valence-electron chi connectivity index (χ0n) is 11.9. The molecule has 0 radical (unpaired) electrons. The van der Waals surface area contributed by atoms with Gasteiger partial charge in [-0.1, -0.05) is 18.6 Å². The van der Waals surface area contributed by atoms with E-state index in [1.165, 1.54) is 28.6 Å². The SMILES string of the molecule is CS(=O)(=O)c1ccccc1S(=O)(=O)N1CCCC[C@H]1CN. The first-order valence-corrected chi connectivity index (χ1v) is 10.1.